The fourth-order valence-corrected chi connectivity index (χ4v) is 1.18. The van der Waals surface area contributed by atoms with Crippen LogP contribution in [0.2, 0.25) is 5.02 Å². The van der Waals surface area contributed by atoms with Gasteiger partial charge in [-0.05, 0) is 30.5 Å². The second-order valence-electron chi connectivity index (χ2n) is 2.70. The summed E-state index contributed by atoms with van der Waals surface area (Å²) in [5.41, 5.74) is 1.21. The average molecular weight is 199 g/mol. The SMILES string of the molecule is O=COCCCc1ccc(Cl)cc1. The summed E-state index contributed by atoms with van der Waals surface area (Å²) in [5.74, 6) is 0. The van der Waals surface area contributed by atoms with Crippen LogP contribution in [-0.2, 0) is 16.0 Å². The molecule has 3 heteroatoms. The minimum absolute atomic E-state index is 0.474. The number of benzene rings is 1. The van der Waals surface area contributed by atoms with Crippen LogP contribution in [0.1, 0.15) is 12.0 Å². The number of hydrogen-bond donors (Lipinski definition) is 0. The smallest absolute Gasteiger partial charge is 0.293 e. The quantitative estimate of drug-likeness (QED) is 0.537. The van der Waals surface area contributed by atoms with Gasteiger partial charge in [-0.25, -0.2) is 0 Å². The lowest BCUT2D eigenvalue weighted by Gasteiger charge is -2.00. The van der Waals surface area contributed by atoms with Crippen molar-refractivity contribution in [2.75, 3.05) is 6.61 Å². The third kappa shape index (κ3) is 3.95. The van der Waals surface area contributed by atoms with Gasteiger partial charge in [0.1, 0.15) is 0 Å². The summed E-state index contributed by atoms with van der Waals surface area (Å²) in [6.45, 7) is 0.952. The first-order valence-electron chi connectivity index (χ1n) is 4.12. The lowest BCUT2D eigenvalue weighted by molar-refractivity contribution is -0.128. The minimum atomic E-state index is 0.474. The molecule has 0 radical (unpaired) electrons. The van der Waals surface area contributed by atoms with E-state index in [-0.39, 0.29) is 0 Å². The zero-order valence-electron chi connectivity index (χ0n) is 7.20. The summed E-state index contributed by atoms with van der Waals surface area (Å²) in [4.78, 5) is 9.82. The Kier molecular flexibility index (Phi) is 4.33. The second kappa shape index (κ2) is 5.60. The molecule has 13 heavy (non-hydrogen) atoms. The van der Waals surface area contributed by atoms with Gasteiger partial charge in [0.2, 0.25) is 0 Å². The Morgan fingerprint density at radius 2 is 2.00 bits per heavy atom. The highest BCUT2D eigenvalue weighted by Gasteiger charge is 1.93. The van der Waals surface area contributed by atoms with Crippen LogP contribution in [0.4, 0.5) is 0 Å². The molecule has 2 nitrogen and oxygen atoms in total. The van der Waals surface area contributed by atoms with E-state index in [4.69, 9.17) is 11.6 Å². The molecule has 70 valence electrons. The fourth-order valence-electron chi connectivity index (χ4n) is 1.06. The molecule has 0 unspecified atom stereocenters. The molecule has 0 aromatic heterocycles. The molecule has 0 fully saturated rings. The van der Waals surface area contributed by atoms with Crippen LogP contribution in [0, 0.1) is 0 Å². The Hall–Kier alpha value is -1.02. The first kappa shape index (κ1) is 10.1. The molecule has 1 rings (SSSR count). The summed E-state index contributed by atoms with van der Waals surface area (Å²) in [5, 5.41) is 0.743. The highest BCUT2D eigenvalue weighted by Crippen LogP contribution is 2.10. The molecule has 0 aliphatic heterocycles. The van der Waals surface area contributed by atoms with E-state index in [1.807, 2.05) is 24.3 Å². The number of carbonyl (C=O) groups excluding carboxylic acids is 1. The number of hydrogen-bond acceptors (Lipinski definition) is 2. The van der Waals surface area contributed by atoms with E-state index in [1.54, 1.807) is 0 Å². The maximum absolute atomic E-state index is 9.82. The molecule has 0 aliphatic rings. The van der Waals surface area contributed by atoms with Crippen molar-refractivity contribution in [2.45, 2.75) is 12.8 Å². The Labute approximate surface area is 82.5 Å². The number of ether oxygens (including phenoxy) is 1. The van der Waals surface area contributed by atoms with Crippen LogP contribution in [0.15, 0.2) is 24.3 Å². The van der Waals surface area contributed by atoms with E-state index in [2.05, 4.69) is 4.74 Å². The van der Waals surface area contributed by atoms with Gasteiger partial charge in [0.25, 0.3) is 6.47 Å². The zero-order chi connectivity index (χ0) is 9.52. The molecule has 0 amide bonds. The molecule has 0 saturated heterocycles. The largest absolute Gasteiger partial charge is 0.468 e. The van der Waals surface area contributed by atoms with Gasteiger partial charge in [-0.2, -0.15) is 0 Å². The normalized spacial score (nSPS) is 9.62. The monoisotopic (exact) mass is 198 g/mol. The van der Waals surface area contributed by atoms with E-state index < -0.39 is 0 Å². The Morgan fingerprint density at radius 1 is 1.31 bits per heavy atom. The van der Waals surface area contributed by atoms with Crippen LogP contribution >= 0.6 is 11.6 Å². The molecular formula is C10H11ClO2. The predicted octanol–water partition coefficient (Wildman–Crippen LogP) is 2.45. The van der Waals surface area contributed by atoms with Crippen molar-refractivity contribution < 1.29 is 9.53 Å². The number of carbonyl (C=O) groups is 1. The molecule has 0 aliphatic carbocycles. The zero-order valence-corrected chi connectivity index (χ0v) is 7.96. The summed E-state index contributed by atoms with van der Waals surface area (Å²) >= 11 is 5.72. The summed E-state index contributed by atoms with van der Waals surface area (Å²) in [6.07, 6.45) is 1.76. The summed E-state index contributed by atoms with van der Waals surface area (Å²) < 4.78 is 4.57. The van der Waals surface area contributed by atoms with E-state index in [0.29, 0.717) is 13.1 Å². The third-order valence-electron chi connectivity index (χ3n) is 1.71. The maximum atomic E-state index is 9.82. The number of aryl methyl sites for hydroxylation is 1. The van der Waals surface area contributed by atoms with Gasteiger partial charge >= 0.3 is 0 Å². The second-order valence-corrected chi connectivity index (χ2v) is 3.13. The Balaban J connectivity index is 2.28. The van der Waals surface area contributed by atoms with Crippen molar-refractivity contribution in [1.82, 2.24) is 0 Å². The molecule has 0 spiro atoms. The topological polar surface area (TPSA) is 26.3 Å². The lowest BCUT2D eigenvalue weighted by atomic mass is 10.1. The molecular weight excluding hydrogens is 188 g/mol. The van der Waals surface area contributed by atoms with Gasteiger partial charge < -0.3 is 4.74 Å². The molecule has 0 N–H and O–H groups in total. The van der Waals surface area contributed by atoms with Crippen molar-refractivity contribution in [3.63, 3.8) is 0 Å². The highest BCUT2D eigenvalue weighted by molar-refractivity contribution is 6.30. The minimum Gasteiger partial charge on any atom is -0.468 e. The van der Waals surface area contributed by atoms with Gasteiger partial charge in [-0.15, -0.1) is 0 Å². The summed E-state index contributed by atoms with van der Waals surface area (Å²) in [6, 6.07) is 7.67. The van der Waals surface area contributed by atoms with E-state index >= 15 is 0 Å². The van der Waals surface area contributed by atoms with Gasteiger partial charge in [0, 0.05) is 5.02 Å². The van der Waals surface area contributed by atoms with E-state index in [0.717, 1.165) is 17.9 Å². The first-order chi connectivity index (χ1) is 6.33. The van der Waals surface area contributed by atoms with Crippen molar-refractivity contribution in [2.24, 2.45) is 0 Å². The van der Waals surface area contributed by atoms with Crippen molar-refractivity contribution >= 4 is 18.1 Å². The third-order valence-corrected chi connectivity index (χ3v) is 1.96. The Bertz CT molecular complexity index is 256. The molecule has 1 aromatic carbocycles. The van der Waals surface area contributed by atoms with Crippen LogP contribution in [0.3, 0.4) is 0 Å². The molecule has 0 heterocycles. The summed E-state index contributed by atoms with van der Waals surface area (Å²) in [7, 11) is 0. The van der Waals surface area contributed by atoms with E-state index in [9.17, 15) is 4.79 Å². The maximum Gasteiger partial charge on any atom is 0.293 e. The van der Waals surface area contributed by atoms with Crippen molar-refractivity contribution in [1.29, 1.82) is 0 Å². The van der Waals surface area contributed by atoms with Crippen LogP contribution < -0.4 is 0 Å². The molecule has 0 atom stereocenters. The van der Waals surface area contributed by atoms with Gasteiger partial charge in [-0.1, -0.05) is 23.7 Å². The highest BCUT2D eigenvalue weighted by atomic mass is 35.5. The van der Waals surface area contributed by atoms with Gasteiger partial charge in [0.15, 0.2) is 0 Å². The van der Waals surface area contributed by atoms with Gasteiger partial charge in [0.05, 0.1) is 6.61 Å². The van der Waals surface area contributed by atoms with Crippen LogP contribution in [0.25, 0.3) is 0 Å². The molecule has 1 aromatic rings. The first-order valence-corrected chi connectivity index (χ1v) is 4.50. The van der Waals surface area contributed by atoms with Crippen LogP contribution in [0.5, 0.6) is 0 Å². The van der Waals surface area contributed by atoms with E-state index in [1.165, 1.54) is 5.56 Å². The lowest BCUT2D eigenvalue weighted by Crippen LogP contribution is -1.94. The van der Waals surface area contributed by atoms with Crippen LogP contribution in [-0.4, -0.2) is 13.1 Å². The Morgan fingerprint density at radius 3 is 2.62 bits per heavy atom. The fraction of sp³-hybridized carbons (Fsp3) is 0.300. The standard InChI is InChI=1S/C10H11ClO2/c11-10-5-3-9(4-6-10)2-1-7-13-8-12/h3-6,8H,1-2,7H2. The number of halogens is 1. The van der Waals surface area contributed by atoms with Crippen molar-refractivity contribution in [3.8, 4) is 0 Å². The van der Waals surface area contributed by atoms with Gasteiger partial charge in [-0.3, -0.25) is 4.79 Å². The molecule has 0 saturated carbocycles. The van der Waals surface area contributed by atoms with Crippen molar-refractivity contribution in [3.05, 3.63) is 34.9 Å². The predicted molar refractivity (Wildman–Crippen MR) is 51.8 cm³/mol. The number of rotatable bonds is 5. The average Bonchev–Trinajstić information content (AvgIpc) is 2.15. The molecule has 0 bridgehead atoms.